The quantitative estimate of drug-likeness (QED) is 0.358. The third-order valence-corrected chi connectivity index (χ3v) is 4.39. The van der Waals surface area contributed by atoms with Crippen molar-refractivity contribution >= 4 is 23.5 Å². The molecule has 2 aromatic rings. The number of anilines is 1. The number of nitrogens with zero attached hydrogens (tertiary/aromatic N) is 2. The van der Waals surface area contributed by atoms with Gasteiger partial charge in [0.2, 0.25) is 5.91 Å². The van der Waals surface area contributed by atoms with E-state index in [9.17, 15) is 9.59 Å². The number of nitrogens with one attached hydrogen (secondary N) is 3. The zero-order valence-electron chi connectivity index (χ0n) is 14.5. The van der Waals surface area contributed by atoms with Gasteiger partial charge in [0.1, 0.15) is 11.7 Å². The number of carboxylic acid groups (broad SMARTS) is 1. The lowest BCUT2D eigenvalue weighted by atomic mass is 10.0. The Labute approximate surface area is 155 Å². The number of amides is 1. The fraction of sp³-hybridized carbons (Fsp3) is 0.278. The summed E-state index contributed by atoms with van der Waals surface area (Å²) < 4.78 is 0. The van der Waals surface area contributed by atoms with Crippen molar-refractivity contribution in [2.24, 2.45) is 11.7 Å². The highest BCUT2D eigenvalue weighted by atomic mass is 16.4. The highest BCUT2D eigenvalue weighted by molar-refractivity contribution is 5.95. The molecular formula is C18H20N6O3. The van der Waals surface area contributed by atoms with Crippen LogP contribution in [-0.2, 0) is 9.59 Å². The van der Waals surface area contributed by atoms with Gasteiger partial charge >= 0.3 is 5.97 Å². The first kappa shape index (κ1) is 18.3. The van der Waals surface area contributed by atoms with Gasteiger partial charge in [-0.15, -0.1) is 10.2 Å². The second kappa shape index (κ2) is 7.81. The van der Waals surface area contributed by atoms with Crippen LogP contribution in [0, 0.1) is 11.3 Å². The van der Waals surface area contributed by atoms with Crippen molar-refractivity contribution in [3.05, 3.63) is 42.0 Å². The molecular weight excluding hydrogens is 348 g/mol. The normalized spacial score (nSPS) is 18.7. The molecule has 0 spiro atoms. The molecule has 1 fully saturated rings. The van der Waals surface area contributed by atoms with Crippen LogP contribution in [0.3, 0.4) is 0 Å². The van der Waals surface area contributed by atoms with Crippen molar-refractivity contribution < 1.29 is 14.7 Å². The summed E-state index contributed by atoms with van der Waals surface area (Å²) in [6, 6.07) is 10.6. The third kappa shape index (κ3) is 4.57. The molecule has 2 heterocycles. The minimum Gasteiger partial charge on any atom is -0.481 e. The summed E-state index contributed by atoms with van der Waals surface area (Å²) in [5.41, 5.74) is 7.63. The first-order valence-corrected chi connectivity index (χ1v) is 8.47. The number of hydrogen-bond acceptors (Lipinski definition) is 6. The van der Waals surface area contributed by atoms with Crippen molar-refractivity contribution in [1.29, 1.82) is 5.41 Å². The molecule has 6 N–H and O–H groups in total. The lowest BCUT2D eigenvalue weighted by Crippen LogP contribution is -2.32. The highest BCUT2D eigenvalue weighted by Crippen LogP contribution is 2.20. The number of nitrogens with two attached hydrogens (primary N) is 1. The van der Waals surface area contributed by atoms with Gasteiger partial charge in [-0.1, -0.05) is 24.3 Å². The smallest absolute Gasteiger partial charge is 0.304 e. The van der Waals surface area contributed by atoms with Crippen LogP contribution in [0.2, 0.25) is 0 Å². The van der Waals surface area contributed by atoms with Gasteiger partial charge in [-0.2, -0.15) is 0 Å². The molecule has 1 aliphatic rings. The Morgan fingerprint density at radius 1 is 1.26 bits per heavy atom. The molecule has 140 valence electrons. The zero-order chi connectivity index (χ0) is 19.4. The summed E-state index contributed by atoms with van der Waals surface area (Å²) >= 11 is 0. The molecule has 1 aromatic carbocycles. The van der Waals surface area contributed by atoms with E-state index >= 15 is 0 Å². The summed E-state index contributed by atoms with van der Waals surface area (Å²) in [6.07, 6.45) is 0.325. The molecule has 9 heteroatoms. The maximum Gasteiger partial charge on any atom is 0.304 e. The van der Waals surface area contributed by atoms with Gasteiger partial charge in [0.15, 0.2) is 0 Å². The number of carboxylic acids is 1. The van der Waals surface area contributed by atoms with Crippen LogP contribution in [0.25, 0.3) is 11.3 Å². The Bertz CT molecular complexity index is 850. The molecule has 3 rings (SSSR count). The monoisotopic (exact) mass is 368 g/mol. The van der Waals surface area contributed by atoms with E-state index in [-0.39, 0.29) is 24.2 Å². The average molecular weight is 368 g/mol. The molecule has 0 aliphatic carbocycles. The lowest BCUT2D eigenvalue weighted by molar-refractivity contribution is -0.140. The molecule has 1 amide bonds. The van der Waals surface area contributed by atoms with Gasteiger partial charge in [0.25, 0.3) is 0 Å². The second-order valence-corrected chi connectivity index (χ2v) is 6.41. The molecule has 0 radical (unpaired) electrons. The van der Waals surface area contributed by atoms with E-state index in [1.165, 1.54) is 0 Å². The third-order valence-electron chi connectivity index (χ3n) is 4.39. The number of carbonyl (C=O) groups excluding carboxylic acids is 1. The van der Waals surface area contributed by atoms with Crippen LogP contribution in [0.4, 0.5) is 5.82 Å². The molecule has 1 aromatic heterocycles. The molecule has 27 heavy (non-hydrogen) atoms. The fourth-order valence-corrected chi connectivity index (χ4v) is 2.98. The van der Waals surface area contributed by atoms with Crippen LogP contribution in [0.15, 0.2) is 36.4 Å². The highest BCUT2D eigenvalue weighted by Gasteiger charge is 2.33. The maximum absolute atomic E-state index is 11.7. The number of aromatic nitrogens is 2. The predicted octanol–water partition coefficient (Wildman–Crippen LogP) is 0.819. The lowest BCUT2D eigenvalue weighted by Gasteiger charge is -2.11. The summed E-state index contributed by atoms with van der Waals surface area (Å²) in [6.45, 7) is 0.448. The van der Waals surface area contributed by atoms with Gasteiger partial charge in [-0.05, 0) is 18.6 Å². The SMILES string of the molecule is N=C(N)c1ccc(-c2ccc(NC[C@@H]3C[C@@H](CC(=O)O)C(=O)N3)nn2)cc1. The first-order valence-electron chi connectivity index (χ1n) is 8.47. The van der Waals surface area contributed by atoms with Crippen LogP contribution in [0.1, 0.15) is 18.4 Å². The predicted molar refractivity (Wildman–Crippen MR) is 99.3 cm³/mol. The Morgan fingerprint density at radius 2 is 2.00 bits per heavy atom. The van der Waals surface area contributed by atoms with E-state index in [4.69, 9.17) is 16.2 Å². The van der Waals surface area contributed by atoms with Crippen LogP contribution >= 0.6 is 0 Å². The van der Waals surface area contributed by atoms with Gasteiger partial charge in [-0.3, -0.25) is 15.0 Å². The minimum absolute atomic E-state index is 0.0109. The summed E-state index contributed by atoms with van der Waals surface area (Å²) in [5.74, 6) is -1.10. The van der Waals surface area contributed by atoms with Crippen LogP contribution in [-0.4, -0.2) is 45.6 Å². The number of carbonyl (C=O) groups is 2. The topological polar surface area (TPSA) is 154 Å². The first-order chi connectivity index (χ1) is 12.9. The minimum atomic E-state index is -0.971. The van der Waals surface area contributed by atoms with Crippen molar-refractivity contribution in [3.8, 4) is 11.3 Å². The van der Waals surface area contributed by atoms with E-state index in [1.807, 2.05) is 18.2 Å². The van der Waals surface area contributed by atoms with E-state index in [0.717, 1.165) is 5.56 Å². The fourth-order valence-electron chi connectivity index (χ4n) is 2.98. The van der Waals surface area contributed by atoms with Gasteiger partial charge in [0.05, 0.1) is 18.0 Å². The van der Waals surface area contributed by atoms with E-state index in [0.29, 0.717) is 30.0 Å². The summed E-state index contributed by atoms with van der Waals surface area (Å²) in [4.78, 5) is 22.5. The average Bonchev–Trinajstić information content (AvgIpc) is 2.99. The number of rotatable bonds is 7. The van der Waals surface area contributed by atoms with Gasteiger partial charge in [-0.25, -0.2) is 0 Å². The van der Waals surface area contributed by atoms with Gasteiger partial charge < -0.3 is 21.5 Å². The summed E-state index contributed by atoms with van der Waals surface area (Å²) in [7, 11) is 0. The largest absolute Gasteiger partial charge is 0.481 e. The van der Waals surface area contributed by atoms with E-state index in [1.54, 1.807) is 18.2 Å². The van der Waals surface area contributed by atoms with Crippen molar-refractivity contribution in [2.75, 3.05) is 11.9 Å². The number of aliphatic carboxylic acids is 1. The van der Waals surface area contributed by atoms with Crippen molar-refractivity contribution in [1.82, 2.24) is 15.5 Å². The Morgan fingerprint density at radius 3 is 2.59 bits per heavy atom. The Kier molecular flexibility index (Phi) is 5.30. The van der Waals surface area contributed by atoms with Crippen LogP contribution < -0.4 is 16.4 Å². The molecule has 2 atom stereocenters. The van der Waals surface area contributed by atoms with Crippen molar-refractivity contribution in [2.45, 2.75) is 18.9 Å². The molecule has 0 bridgehead atoms. The van der Waals surface area contributed by atoms with Crippen LogP contribution in [0.5, 0.6) is 0 Å². The van der Waals surface area contributed by atoms with E-state index in [2.05, 4.69) is 20.8 Å². The maximum atomic E-state index is 11.7. The Balaban J connectivity index is 1.56. The number of amidine groups is 1. The standard InChI is InChI=1S/C18H20N6O3/c19-17(20)11-3-1-10(2-4-11)14-5-6-15(24-23-14)21-9-13-7-12(8-16(25)26)18(27)22-13/h1-6,12-13H,7-9H2,(H3,19,20)(H,21,24)(H,22,27)(H,25,26)/t12-,13-/m0/s1. The number of nitrogen functional groups attached to an aromatic ring is 1. The van der Waals surface area contributed by atoms with Crippen molar-refractivity contribution in [3.63, 3.8) is 0 Å². The summed E-state index contributed by atoms with van der Waals surface area (Å²) in [5, 5.41) is 30.4. The second-order valence-electron chi connectivity index (χ2n) is 6.41. The molecule has 1 saturated heterocycles. The molecule has 0 saturated carbocycles. The van der Waals surface area contributed by atoms with Gasteiger partial charge in [0, 0.05) is 23.7 Å². The molecule has 1 aliphatic heterocycles. The Hall–Kier alpha value is -3.49. The molecule has 0 unspecified atom stereocenters. The zero-order valence-corrected chi connectivity index (χ0v) is 14.5. The number of hydrogen-bond donors (Lipinski definition) is 5. The number of benzene rings is 1. The molecule has 9 nitrogen and oxygen atoms in total. The van der Waals surface area contributed by atoms with E-state index < -0.39 is 11.9 Å².